The van der Waals surface area contributed by atoms with Gasteiger partial charge in [-0.15, -0.1) is 11.8 Å². The van der Waals surface area contributed by atoms with Crippen LogP contribution in [0.25, 0.3) is 0 Å². The molecule has 144 valence electrons. The summed E-state index contributed by atoms with van der Waals surface area (Å²) in [6.45, 7) is 4.60. The molecular weight excluding hydrogens is 365 g/mol. The molecule has 5 nitrogen and oxygen atoms in total. The number of carbonyl (C=O) groups is 2. The largest absolute Gasteiger partial charge is 0.355 e. The van der Waals surface area contributed by atoms with Crippen molar-refractivity contribution in [3.8, 4) is 0 Å². The number of hydrogen-bond acceptors (Lipinski definition) is 3. The van der Waals surface area contributed by atoms with Gasteiger partial charge in [0.1, 0.15) is 5.82 Å². The van der Waals surface area contributed by atoms with Gasteiger partial charge in [-0.05, 0) is 43.2 Å². The lowest BCUT2D eigenvalue weighted by molar-refractivity contribution is -0.121. The van der Waals surface area contributed by atoms with Crippen molar-refractivity contribution in [2.45, 2.75) is 31.2 Å². The summed E-state index contributed by atoms with van der Waals surface area (Å²) >= 11 is 1.65. The molecule has 0 aliphatic carbocycles. The Bertz CT molecular complexity index is 814. The molecule has 0 saturated heterocycles. The van der Waals surface area contributed by atoms with Crippen LogP contribution in [0.5, 0.6) is 0 Å². The highest BCUT2D eigenvalue weighted by Crippen LogP contribution is 2.21. The number of primary amides is 1. The topological polar surface area (TPSA) is 84.2 Å². The van der Waals surface area contributed by atoms with Gasteiger partial charge in [0, 0.05) is 22.8 Å². The number of carbonyl (C=O) groups excluding carboxylic acids is 2. The van der Waals surface area contributed by atoms with Crippen molar-refractivity contribution in [1.82, 2.24) is 10.6 Å². The van der Waals surface area contributed by atoms with Crippen molar-refractivity contribution in [2.75, 3.05) is 12.3 Å². The van der Waals surface area contributed by atoms with E-state index in [1.165, 1.54) is 23.3 Å². The van der Waals surface area contributed by atoms with Gasteiger partial charge in [-0.2, -0.15) is 0 Å². The van der Waals surface area contributed by atoms with Gasteiger partial charge < -0.3 is 16.4 Å². The van der Waals surface area contributed by atoms with Crippen molar-refractivity contribution < 1.29 is 14.0 Å². The van der Waals surface area contributed by atoms with E-state index in [9.17, 15) is 14.0 Å². The average Bonchev–Trinajstić information content (AvgIpc) is 2.61. The highest BCUT2D eigenvalue weighted by molar-refractivity contribution is 7.99. The molecule has 0 aliphatic rings. The predicted molar refractivity (Wildman–Crippen MR) is 106 cm³/mol. The molecule has 2 aromatic carbocycles. The first-order valence-electron chi connectivity index (χ1n) is 8.64. The molecule has 0 spiro atoms. The second kappa shape index (κ2) is 9.97. The molecule has 1 unspecified atom stereocenters. The van der Waals surface area contributed by atoms with E-state index in [1.54, 1.807) is 23.9 Å². The molecule has 0 radical (unpaired) electrons. The second-order valence-electron chi connectivity index (χ2n) is 6.23. The molecule has 0 bridgehead atoms. The fourth-order valence-corrected chi connectivity index (χ4v) is 3.45. The van der Waals surface area contributed by atoms with Gasteiger partial charge in [0.05, 0.1) is 12.5 Å². The first-order chi connectivity index (χ1) is 12.9. The van der Waals surface area contributed by atoms with Crippen molar-refractivity contribution in [3.63, 3.8) is 0 Å². The standard InChI is InChI=1S/C20H24FN3O2S/c1-13-7-8-15(11-14(13)2)27-10-9-23-19(25)12-18(24-20(22)26)16-5-3-4-6-17(16)21/h3-8,11,18H,9-10,12H2,1-2H3,(H,23,25)(H3,22,24,26). The van der Waals surface area contributed by atoms with Gasteiger partial charge in [-0.1, -0.05) is 24.3 Å². The number of amides is 3. The van der Waals surface area contributed by atoms with Crippen LogP contribution in [0.4, 0.5) is 9.18 Å². The summed E-state index contributed by atoms with van der Waals surface area (Å²) in [5, 5.41) is 5.23. The number of urea groups is 1. The van der Waals surface area contributed by atoms with Crippen LogP contribution in [-0.2, 0) is 4.79 Å². The molecule has 27 heavy (non-hydrogen) atoms. The first kappa shape index (κ1) is 20.8. The van der Waals surface area contributed by atoms with E-state index in [1.807, 2.05) is 0 Å². The smallest absolute Gasteiger partial charge is 0.312 e. The zero-order valence-corrected chi connectivity index (χ0v) is 16.2. The lowest BCUT2D eigenvalue weighted by Gasteiger charge is -2.18. The number of thioether (sulfide) groups is 1. The van der Waals surface area contributed by atoms with E-state index in [0.717, 1.165) is 4.90 Å². The number of benzene rings is 2. The summed E-state index contributed by atoms with van der Waals surface area (Å²) in [7, 11) is 0. The van der Waals surface area contributed by atoms with Gasteiger partial charge in [0.25, 0.3) is 0 Å². The van der Waals surface area contributed by atoms with Crippen molar-refractivity contribution in [1.29, 1.82) is 0 Å². The maximum absolute atomic E-state index is 14.0. The zero-order valence-electron chi connectivity index (χ0n) is 15.4. The van der Waals surface area contributed by atoms with Crippen LogP contribution in [0, 0.1) is 19.7 Å². The number of halogens is 1. The van der Waals surface area contributed by atoms with E-state index in [0.29, 0.717) is 12.3 Å². The molecule has 0 saturated carbocycles. The number of nitrogens with two attached hydrogens (primary N) is 1. The van der Waals surface area contributed by atoms with Crippen LogP contribution >= 0.6 is 11.8 Å². The number of hydrogen-bond donors (Lipinski definition) is 3. The maximum Gasteiger partial charge on any atom is 0.312 e. The summed E-state index contributed by atoms with van der Waals surface area (Å²) in [6.07, 6.45) is -0.0851. The minimum atomic E-state index is -0.809. The fraction of sp³-hybridized carbons (Fsp3) is 0.300. The van der Waals surface area contributed by atoms with Gasteiger partial charge in [0.15, 0.2) is 0 Å². The minimum Gasteiger partial charge on any atom is -0.355 e. The summed E-state index contributed by atoms with van der Waals surface area (Å²) < 4.78 is 14.0. The molecule has 7 heteroatoms. The van der Waals surface area contributed by atoms with E-state index in [4.69, 9.17) is 5.73 Å². The summed E-state index contributed by atoms with van der Waals surface area (Å²) in [5.41, 5.74) is 7.87. The zero-order chi connectivity index (χ0) is 19.8. The third kappa shape index (κ3) is 6.60. The quantitative estimate of drug-likeness (QED) is 0.478. The SMILES string of the molecule is Cc1ccc(SCCNC(=O)CC(NC(N)=O)c2ccccc2F)cc1C. The monoisotopic (exact) mass is 389 g/mol. The van der Waals surface area contributed by atoms with Crippen molar-refractivity contribution in [2.24, 2.45) is 5.73 Å². The minimum absolute atomic E-state index is 0.0851. The Morgan fingerprint density at radius 1 is 1.15 bits per heavy atom. The molecule has 0 fully saturated rings. The molecule has 0 aromatic heterocycles. The Hall–Kier alpha value is -2.54. The van der Waals surface area contributed by atoms with Crippen molar-refractivity contribution >= 4 is 23.7 Å². The second-order valence-corrected chi connectivity index (χ2v) is 7.40. The molecule has 4 N–H and O–H groups in total. The van der Waals surface area contributed by atoms with Gasteiger partial charge in [0.2, 0.25) is 5.91 Å². The third-order valence-corrected chi connectivity index (χ3v) is 5.15. The highest BCUT2D eigenvalue weighted by Gasteiger charge is 2.20. The van der Waals surface area contributed by atoms with E-state index < -0.39 is 17.9 Å². The first-order valence-corrected chi connectivity index (χ1v) is 9.62. The summed E-state index contributed by atoms with van der Waals surface area (Å²) in [4.78, 5) is 24.5. The Balaban J connectivity index is 1.85. The Labute approximate surface area is 162 Å². The van der Waals surface area contributed by atoms with Crippen molar-refractivity contribution in [3.05, 3.63) is 65.0 Å². The molecule has 3 amide bonds. The molecule has 0 aliphatic heterocycles. The van der Waals surface area contributed by atoms with E-state index in [-0.39, 0.29) is 17.9 Å². The molecular formula is C20H24FN3O2S. The maximum atomic E-state index is 14.0. The Morgan fingerprint density at radius 3 is 2.56 bits per heavy atom. The fourth-order valence-electron chi connectivity index (χ4n) is 2.59. The lowest BCUT2D eigenvalue weighted by Crippen LogP contribution is -2.37. The van der Waals surface area contributed by atoms with Crippen LogP contribution in [-0.4, -0.2) is 24.2 Å². The van der Waals surface area contributed by atoms with Crippen LogP contribution in [0.15, 0.2) is 47.4 Å². The van der Waals surface area contributed by atoms with Gasteiger partial charge >= 0.3 is 6.03 Å². The molecule has 2 rings (SSSR count). The average molecular weight is 389 g/mol. The Kier molecular flexibility index (Phi) is 7.67. The Morgan fingerprint density at radius 2 is 1.89 bits per heavy atom. The third-order valence-electron chi connectivity index (χ3n) is 4.16. The van der Waals surface area contributed by atoms with Gasteiger partial charge in [-0.3, -0.25) is 4.79 Å². The van der Waals surface area contributed by atoms with Crippen LogP contribution in [0.3, 0.4) is 0 Å². The van der Waals surface area contributed by atoms with Crippen LogP contribution < -0.4 is 16.4 Å². The van der Waals surface area contributed by atoms with E-state index in [2.05, 4.69) is 42.7 Å². The molecule has 1 atom stereocenters. The number of rotatable bonds is 8. The number of aryl methyl sites for hydroxylation is 2. The highest BCUT2D eigenvalue weighted by atomic mass is 32.2. The summed E-state index contributed by atoms with van der Waals surface area (Å²) in [5.74, 6) is -0.0611. The lowest BCUT2D eigenvalue weighted by atomic mass is 10.0. The molecule has 0 heterocycles. The summed E-state index contributed by atoms with van der Waals surface area (Å²) in [6, 6.07) is 10.6. The number of nitrogens with one attached hydrogen (secondary N) is 2. The molecule has 2 aromatic rings. The van der Waals surface area contributed by atoms with Crippen LogP contribution in [0.2, 0.25) is 0 Å². The predicted octanol–water partition coefficient (Wildman–Crippen LogP) is 3.45. The van der Waals surface area contributed by atoms with Crippen LogP contribution in [0.1, 0.15) is 29.2 Å². The van der Waals surface area contributed by atoms with Gasteiger partial charge in [-0.25, -0.2) is 9.18 Å². The van der Waals surface area contributed by atoms with E-state index >= 15 is 0 Å². The normalized spacial score (nSPS) is 11.7.